The van der Waals surface area contributed by atoms with Crippen molar-refractivity contribution in [3.05, 3.63) is 30.1 Å². The van der Waals surface area contributed by atoms with Gasteiger partial charge in [-0.1, -0.05) is 25.8 Å². The zero-order chi connectivity index (χ0) is 14.1. The second kappa shape index (κ2) is 5.27. The first-order chi connectivity index (χ1) is 9.66. The first kappa shape index (κ1) is 13.2. The van der Waals surface area contributed by atoms with E-state index >= 15 is 0 Å². The normalized spacial score (nSPS) is 23.6. The summed E-state index contributed by atoms with van der Waals surface area (Å²) in [6, 6.07) is 5.86. The van der Waals surface area contributed by atoms with E-state index in [9.17, 15) is 9.90 Å². The number of nitrogens with zero attached hydrogens (tertiary/aromatic N) is 2. The molecule has 1 heterocycles. The van der Waals surface area contributed by atoms with E-state index < -0.39 is 5.97 Å². The van der Waals surface area contributed by atoms with Gasteiger partial charge in [0.05, 0.1) is 17.4 Å². The minimum Gasteiger partial charge on any atom is -0.478 e. The summed E-state index contributed by atoms with van der Waals surface area (Å²) in [5, 5.41) is 9.23. The van der Waals surface area contributed by atoms with Crippen LogP contribution in [0, 0.1) is 5.92 Å². The molecule has 0 saturated heterocycles. The summed E-state index contributed by atoms with van der Waals surface area (Å²) in [6.07, 6.45) is 7.91. The van der Waals surface area contributed by atoms with Crippen LogP contribution in [0.25, 0.3) is 11.0 Å². The Hall–Kier alpha value is -1.84. The maximum absolute atomic E-state index is 11.2. The molecule has 4 heteroatoms. The second-order valence-corrected chi connectivity index (χ2v) is 5.90. The summed E-state index contributed by atoms with van der Waals surface area (Å²) in [4.78, 5) is 15.6. The van der Waals surface area contributed by atoms with E-state index in [1.54, 1.807) is 6.07 Å². The number of hydrogen-bond donors (Lipinski definition) is 1. The van der Waals surface area contributed by atoms with Crippen LogP contribution in [0.4, 0.5) is 0 Å². The first-order valence-corrected chi connectivity index (χ1v) is 7.35. The highest BCUT2D eigenvalue weighted by atomic mass is 16.4. The summed E-state index contributed by atoms with van der Waals surface area (Å²) in [5.74, 6) is -0.111. The van der Waals surface area contributed by atoms with Crippen molar-refractivity contribution < 1.29 is 9.90 Å². The van der Waals surface area contributed by atoms with Crippen LogP contribution in [-0.2, 0) is 0 Å². The minimum absolute atomic E-state index is 0.295. The molecule has 0 bridgehead atoms. The van der Waals surface area contributed by atoms with Gasteiger partial charge in [-0.25, -0.2) is 9.78 Å². The smallest absolute Gasteiger partial charge is 0.337 e. The van der Waals surface area contributed by atoms with Crippen molar-refractivity contribution in [1.29, 1.82) is 0 Å². The summed E-state index contributed by atoms with van der Waals surface area (Å²) in [7, 11) is 0. The van der Waals surface area contributed by atoms with Gasteiger partial charge in [0.2, 0.25) is 0 Å². The van der Waals surface area contributed by atoms with Crippen molar-refractivity contribution >= 4 is 17.0 Å². The van der Waals surface area contributed by atoms with Gasteiger partial charge in [-0.2, -0.15) is 0 Å². The lowest BCUT2D eigenvalue weighted by molar-refractivity contribution is 0.0699. The molecule has 1 aromatic carbocycles. The van der Waals surface area contributed by atoms with E-state index in [2.05, 4.69) is 16.5 Å². The molecule has 1 saturated carbocycles. The molecular formula is C16H20N2O2. The topological polar surface area (TPSA) is 55.1 Å². The van der Waals surface area contributed by atoms with Crippen molar-refractivity contribution in [2.45, 2.75) is 45.1 Å². The van der Waals surface area contributed by atoms with Gasteiger partial charge < -0.3 is 9.67 Å². The first-order valence-electron chi connectivity index (χ1n) is 7.35. The molecule has 106 valence electrons. The summed E-state index contributed by atoms with van der Waals surface area (Å²) in [6.45, 7) is 2.32. The number of carbonyl (C=O) groups is 1. The van der Waals surface area contributed by atoms with Crippen LogP contribution in [0.1, 0.15) is 55.4 Å². The Morgan fingerprint density at radius 3 is 2.95 bits per heavy atom. The molecule has 20 heavy (non-hydrogen) atoms. The lowest BCUT2D eigenvalue weighted by Gasteiger charge is -2.17. The SMILES string of the molecule is CC1CCCC(n2cnc3c(C(=O)O)cccc32)CC1. The fourth-order valence-corrected chi connectivity index (χ4v) is 3.27. The van der Waals surface area contributed by atoms with Gasteiger partial charge in [-0.15, -0.1) is 0 Å². The van der Waals surface area contributed by atoms with E-state index in [1.807, 2.05) is 18.5 Å². The average Bonchev–Trinajstić information content (AvgIpc) is 2.74. The Balaban J connectivity index is 2.00. The number of imidazole rings is 1. The molecule has 2 aromatic rings. The van der Waals surface area contributed by atoms with Crippen LogP contribution in [0.2, 0.25) is 0 Å². The largest absolute Gasteiger partial charge is 0.478 e. The number of carboxylic acids is 1. The highest BCUT2D eigenvalue weighted by Gasteiger charge is 2.20. The van der Waals surface area contributed by atoms with Gasteiger partial charge in [-0.3, -0.25) is 0 Å². The Kier molecular flexibility index (Phi) is 3.47. The predicted octanol–water partition coefficient (Wildman–Crippen LogP) is 3.88. The van der Waals surface area contributed by atoms with Crippen LogP contribution >= 0.6 is 0 Å². The number of fused-ring (bicyclic) bond motifs is 1. The molecule has 0 spiro atoms. The Morgan fingerprint density at radius 2 is 2.15 bits per heavy atom. The summed E-state index contributed by atoms with van der Waals surface area (Å²) >= 11 is 0. The lowest BCUT2D eigenvalue weighted by atomic mass is 10.0. The summed E-state index contributed by atoms with van der Waals surface area (Å²) < 4.78 is 2.18. The van der Waals surface area contributed by atoms with Crippen molar-refractivity contribution in [1.82, 2.24) is 9.55 Å². The predicted molar refractivity (Wildman–Crippen MR) is 78.0 cm³/mol. The molecule has 1 aliphatic carbocycles. The van der Waals surface area contributed by atoms with Gasteiger partial charge in [0.25, 0.3) is 0 Å². The molecule has 0 aliphatic heterocycles. The van der Waals surface area contributed by atoms with E-state index in [0.29, 0.717) is 17.1 Å². The van der Waals surface area contributed by atoms with Crippen molar-refractivity contribution in [2.75, 3.05) is 0 Å². The van der Waals surface area contributed by atoms with Gasteiger partial charge in [-0.05, 0) is 37.3 Å². The number of aromatic nitrogens is 2. The Labute approximate surface area is 118 Å². The number of rotatable bonds is 2. The number of para-hydroxylation sites is 1. The molecule has 4 nitrogen and oxygen atoms in total. The Bertz CT molecular complexity index is 632. The third-order valence-corrected chi connectivity index (χ3v) is 4.45. The zero-order valence-electron chi connectivity index (χ0n) is 11.7. The average molecular weight is 272 g/mol. The Morgan fingerprint density at radius 1 is 1.30 bits per heavy atom. The number of benzene rings is 1. The molecule has 1 aromatic heterocycles. The van der Waals surface area contributed by atoms with Crippen LogP contribution in [0.15, 0.2) is 24.5 Å². The molecule has 1 aliphatic rings. The fourth-order valence-electron chi connectivity index (χ4n) is 3.27. The highest BCUT2D eigenvalue weighted by Crippen LogP contribution is 2.32. The molecule has 2 unspecified atom stereocenters. The highest BCUT2D eigenvalue weighted by molar-refractivity contribution is 6.00. The van der Waals surface area contributed by atoms with Crippen molar-refractivity contribution in [2.24, 2.45) is 5.92 Å². The molecule has 3 rings (SSSR count). The van der Waals surface area contributed by atoms with E-state index in [1.165, 1.54) is 19.3 Å². The van der Waals surface area contributed by atoms with Gasteiger partial charge in [0, 0.05) is 6.04 Å². The van der Waals surface area contributed by atoms with Crippen LogP contribution in [0.3, 0.4) is 0 Å². The zero-order valence-corrected chi connectivity index (χ0v) is 11.7. The molecule has 0 radical (unpaired) electrons. The second-order valence-electron chi connectivity index (χ2n) is 5.90. The standard InChI is InChI=1S/C16H20N2O2/c1-11-4-2-5-12(9-8-11)18-10-17-15-13(16(19)20)6-3-7-14(15)18/h3,6-7,10-12H,2,4-5,8-9H2,1H3,(H,19,20). The molecule has 1 fully saturated rings. The molecule has 0 amide bonds. The minimum atomic E-state index is -0.907. The quantitative estimate of drug-likeness (QED) is 0.844. The van der Waals surface area contributed by atoms with Crippen LogP contribution in [-0.4, -0.2) is 20.6 Å². The van der Waals surface area contributed by atoms with Crippen molar-refractivity contribution in [3.8, 4) is 0 Å². The third kappa shape index (κ3) is 2.30. The third-order valence-electron chi connectivity index (χ3n) is 4.45. The number of hydrogen-bond acceptors (Lipinski definition) is 2. The molecule has 2 atom stereocenters. The number of aromatic carboxylic acids is 1. The summed E-state index contributed by atoms with van der Waals surface area (Å²) in [5.41, 5.74) is 1.85. The van der Waals surface area contributed by atoms with Gasteiger partial charge in [0.15, 0.2) is 0 Å². The molecular weight excluding hydrogens is 252 g/mol. The maximum atomic E-state index is 11.2. The van der Waals surface area contributed by atoms with Gasteiger partial charge >= 0.3 is 5.97 Å². The number of carboxylic acid groups (broad SMARTS) is 1. The fraction of sp³-hybridized carbons (Fsp3) is 0.500. The monoisotopic (exact) mass is 272 g/mol. The lowest BCUT2D eigenvalue weighted by Crippen LogP contribution is -2.07. The van der Waals surface area contributed by atoms with Gasteiger partial charge in [0.1, 0.15) is 5.52 Å². The molecule has 1 N–H and O–H groups in total. The van der Waals surface area contributed by atoms with E-state index in [4.69, 9.17) is 0 Å². The maximum Gasteiger partial charge on any atom is 0.337 e. The van der Waals surface area contributed by atoms with Crippen molar-refractivity contribution in [3.63, 3.8) is 0 Å². The van der Waals surface area contributed by atoms with Crippen LogP contribution < -0.4 is 0 Å². The van der Waals surface area contributed by atoms with Crippen LogP contribution in [0.5, 0.6) is 0 Å². The van der Waals surface area contributed by atoms with E-state index in [-0.39, 0.29) is 0 Å². The van der Waals surface area contributed by atoms with E-state index in [0.717, 1.165) is 24.3 Å².